The number of piperidine rings is 1. The van der Waals surface area contributed by atoms with Crippen molar-refractivity contribution in [3.63, 3.8) is 0 Å². The average Bonchev–Trinajstić information content (AvgIpc) is 2.69. The number of aliphatic hydroxyl groups excluding tert-OH is 1. The molecule has 0 amide bonds. The van der Waals surface area contributed by atoms with E-state index in [1.54, 1.807) is 11.4 Å². The molecule has 2 heterocycles. The van der Waals surface area contributed by atoms with Gasteiger partial charge in [-0.05, 0) is 36.9 Å². The van der Waals surface area contributed by atoms with Crippen LogP contribution in [0.1, 0.15) is 12.0 Å². The Balaban J connectivity index is 2.11. The second-order valence-electron chi connectivity index (χ2n) is 4.23. The van der Waals surface area contributed by atoms with Crippen LogP contribution in [-0.4, -0.2) is 38.8 Å². The zero-order chi connectivity index (χ0) is 12.5. The van der Waals surface area contributed by atoms with Gasteiger partial charge in [0.1, 0.15) is 4.21 Å². The Hall–Kier alpha value is -0.470. The monoisotopic (exact) mass is 276 g/mol. The van der Waals surface area contributed by atoms with Crippen LogP contribution in [0.15, 0.2) is 15.7 Å². The minimum Gasteiger partial charge on any atom is -0.390 e. The number of rotatable bonds is 3. The molecule has 1 aliphatic heterocycles. The number of hydrogen-bond acceptors (Lipinski definition) is 5. The maximum Gasteiger partial charge on any atom is 0.250 e. The highest BCUT2D eigenvalue weighted by Crippen LogP contribution is 2.20. The molecule has 0 radical (unpaired) electrons. The number of thiophene rings is 1. The molecule has 0 aromatic carbocycles. The lowest BCUT2D eigenvalue weighted by Gasteiger charge is -2.28. The van der Waals surface area contributed by atoms with Gasteiger partial charge in [0.25, 0.3) is 0 Å². The van der Waals surface area contributed by atoms with E-state index < -0.39 is 22.2 Å². The fourth-order valence-electron chi connectivity index (χ4n) is 1.78. The summed E-state index contributed by atoms with van der Waals surface area (Å²) in [6.07, 6.45) is -0.0651. The van der Waals surface area contributed by atoms with Gasteiger partial charge < -0.3 is 10.4 Å². The second kappa shape index (κ2) is 5.03. The van der Waals surface area contributed by atoms with Crippen LogP contribution in [0.4, 0.5) is 0 Å². The van der Waals surface area contributed by atoms with Crippen molar-refractivity contribution in [3.05, 3.63) is 17.0 Å². The van der Waals surface area contributed by atoms with E-state index in [1.807, 2.05) is 6.92 Å². The van der Waals surface area contributed by atoms with Gasteiger partial charge in [-0.3, -0.25) is 0 Å². The van der Waals surface area contributed by atoms with Crippen molar-refractivity contribution in [3.8, 4) is 0 Å². The second-order valence-corrected chi connectivity index (χ2v) is 7.08. The van der Waals surface area contributed by atoms with Crippen molar-refractivity contribution in [1.29, 1.82) is 0 Å². The van der Waals surface area contributed by atoms with Gasteiger partial charge in [0.2, 0.25) is 10.0 Å². The topological polar surface area (TPSA) is 78.4 Å². The van der Waals surface area contributed by atoms with Crippen molar-refractivity contribution in [2.45, 2.75) is 29.7 Å². The van der Waals surface area contributed by atoms with Crippen molar-refractivity contribution < 1.29 is 13.5 Å². The molecule has 0 bridgehead atoms. The Labute approximate surface area is 105 Å². The molecule has 1 fully saturated rings. The number of aliphatic hydroxyl groups is 1. The maximum absolute atomic E-state index is 12.0. The van der Waals surface area contributed by atoms with E-state index in [2.05, 4.69) is 10.0 Å². The van der Waals surface area contributed by atoms with Gasteiger partial charge in [0.15, 0.2) is 0 Å². The Bertz CT molecular complexity index is 483. The zero-order valence-corrected chi connectivity index (χ0v) is 11.1. The molecule has 0 spiro atoms. The van der Waals surface area contributed by atoms with Gasteiger partial charge in [-0.2, -0.15) is 0 Å². The van der Waals surface area contributed by atoms with Gasteiger partial charge in [-0.15, -0.1) is 11.3 Å². The summed E-state index contributed by atoms with van der Waals surface area (Å²) in [5.74, 6) is 0. The lowest BCUT2D eigenvalue weighted by atomic mass is 10.1. The summed E-state index contributed by atoms with van der Waals surface area (Å²) in [5, 5.41) is 14.5. The third kappa shape index (κ3) is 3.05. The van der Waals surface area contributed by atoms with E-state index in [-0.39, 0.29) is 0 Å². The standard InChI is InChI=1S/C10H16N2O3S2/c1-7-4-10(16-6-7)17(14,15)12-8-2-3-11-5-9(8)13/h4,6,8-9,11-13H,2-3,5H2,1H3/t8-,9-/m1/s1. The van der Waals surface area contributed by atoms with Crippen molar-refractivity contribution in [1.82, 2.24) is 10.0 Å². The molecular weight excluding hydrogens is 260 g/mol. The van der Waals surface area contributed by atoms with Crippen LogP contribution in [-0.2, 0) is 10.0 Å². The van der Waals surface area contributed by atoms with E-state index in [0.29, 0.717) is 23.7 Å². The molecule has 2 atom stereocenters. The Morgan fingerprint density at radius 3 is 2.94 bits per heavy atom. The summed E-state index contributed by atoms with van der Waals surface area (Å²) >= 11 is 1.20. The van der Waals surface area contributed by atoms with E-state index in [1.165, 1.54) is 11.3 Å². The molecule has 5 nitrogen and oxygen atoms in total. The first-order valence-corrected chi connectivity index (χ1v) is 7.81. The fourth-order valence-corrected chi connectivity index (χ4v) is 4.33. The van der Waals surface area contributed by atoms with Crippen LogP contribution in [0.5, 0.6) is 0 Å². The molecule has 3 N–H and O–H groups in total. The summed E-state index contributed by atoms with van der Waals surface area (Å²) in [6.45, 7) is 3.00. The van der Waals surface area contributed by atoms with Crippen molar-refractivity contribution in [2.75, 3.05) is 13.1 Å². The van der Waals surface area contributed by atoms with Gasteiger partial charge in [-0.1, -0.05) is 0 Å². The van der Waals surface area contributed by atoms with E-state index >= 15 is 0 Å². The lowest BCUT2D eigenvalue weighted by molar-refractivity contribution is 0.113. The first-order valence-electron chi connectivity index (χ1n) is 5.45. The van der Waals surface area contributed by atoms with Gasteiger partial charge in [-0.25, -0.2) is 13.1 Å². The molecule has 0 unspecified atom stereocenters. The van der Waals surface area contributed by atoms with E-state index in [4.69, 9.17) is 0 Å². The molecule has 0 saturated carbocycles. The predicted molar refractivity (Wildman–Crippen MR) is 66.7 cm³/mol. The molecule has 7 heteroatoms. The molecule has 1 aliphatic rings. The fraction of sp³-hybridized carbons (Fsp3) is 0.600. The molecule has 17 heavy (non-hydrogen) atoms. The highest BCUT2D eigenvalue weighted by Gasteiger charge is 2.28. The quantitative estimate of drug-likeness (QED) is 0.729. The van der Waals surface area contributed by atoms with Gasteiger partial charge in [0.05, 0.1) is 12.1 Å². The van der Waals surface area contributed by atoms with Crippen LogP contribution in [0.25, 0.3) is 0 Å². The van der Waals surface area contributed by atoms with E-state index in [9.17, 15) is 13.5 Å². The van der Waals surface area contributed by atoms with Gasteiger partial charge in [0, 0.05) is 6.54 Å². The van der Waals surface area contributed by atoms with Crippen molar-refractivity contribution in [2.24, 2.45) is 0 Å². The number of sulfonamides is 1. The molecule has 1 saturated heterocycles. The molecule has 2 rings (SSSR count). The molecule has 0 aliphatic carbocycles. The first-order chi connectivity index (χ1) is 7.99. The first kappa shape index (κ1) is 13.0. The SMILES string of the molecule is Cc1csc(S(=O)(=O)N[C@@H]2CCNC[C@H]2O)c1. The average molecular weight is 276 g/mol. The Morgan fingerprint density at radius 1 is 1.59 bits per heavy atom. The predicted octanol–water partition coefficient (Wildman–Crippen LogP) is 0.0576. The molecule has 1 aromatic rings. The largest absolute Gasteiger partial charge is 0.390 e. The minimum absolute atomic E-state index is 0.306. The minimum atomic E-state index is -3.49. The van der Waals surface area contributed by atoms with E-state index in [0.717, 1.165) is 5.56 Å². The third-order valence-electron chi connectivity index (χ3n) is 2.73. The third-order valence-corrected chi connectivity index (χ3v) is 5.78. The number of hydrogen-bond donors (Lipinski definition) is 3. The highest BCUT2D eigenvalue weighted by molar-refractivity contribution is 7.91. The molecule has 1 aromatic heterocycles. The van der Waals surface area contributed by atoms with Crippen LogP contribution in [0.2, 0.25) is 0 Å². The smallest absolute Gasteiger partial charge is 0.250 e. The van der Waals surface area contributed by atoms with Crippen LogP contribution >= 0.6 is 11.3 Å². The number of β-amino-alcohol motifs (C(OH)–C–C–N with tert-alkyl or cyclic N) is 1. The Morgan fingerprint density at radius 2 is 2.35 bits per heavy atom. The zero-order valence-electron chi connectivity index (χ0n) is 9.51. The summed E-state index contributed by atoms with van der Waals surface area (Å²) < 4.78 is 26.9. The molecular formula is C10H16N2O3S2. The maximum atomic E-state index is 12.0. The Kier molecular flexibility index (Phi) is 3.84. The van der Waals surface area contributed by atoms with Crippen molar-refractivity contribution >= 4 is 21.4 Å². The normalized spacial score (nSPS) is 26.0. The van der Waals surface area contributed by atoms with Crippen LogP contribution in [0.3, 0.4) is 0 Å². The number of aryl methyl sites for hydroxylation is 1. The summed E-state index contributed by atoms with van der Waals surface area (Å²) in [5.41, 5.74) is 0.932. The van der Waals surface area contributed by atoms with Gasteiger partial charge >= 0.3 is 0 Å². The van der Waals surface area contributed by atoms with Crippen LogP contribution < -0.4 is 10.0 Å². The molecule has 96 valence electrons. The lowest BCUT2D eigenvalue weighted by Crippen LogP contribution is -2.52. The summed E-state index contributed by atoms with van der Waals surface area (Å²) in [6, 6.07) is 1.24. The summed E-state index contributed by atoms with van der Waals surface area (Å²) in [4.78, 5) is 0. The summed E-state index contributed by atoms with van der Waals surface area (Å²) in [7, 11) is -3.49. The highest BCUT2D eigenvalue weighted by atomic mass is 32.2. The van der Waals surface area contributed by atoms with Crippen LogP contribution in [0, 0.1) is 6.92 Å². The number of nitrogens with one attached hydrogen (secondary N) is 2.